The molecule has 2 unspecified atom stereocenters. The van der Waals surface area contributed by atoms with Crippen LogP contribution in [0.15, 0.2) is 11.0 Å². The van der Waals surface area contributed by atoms with E-state index < -0.39 is 61.4 Å². The monoisotopic (exact) mass is 358 g/mol. The Balaban J connectivity index is 0.00000484. The summed E-state index contributed by atoms with van der Waals surface area (Å²) < 4.78 is 31.9. The molecule has 23 heavy (non-hydrogen) atoms. The molecule has 0 fully saturated rings. The number of aromatic carboxylic acids is 2. The first-order valence-electron chi connectivity index (χ1n) is 5.90. The van der Waals surface area contributed by atoms with Gasteiger partial charge < -0.3 is 20.4 Å². The van der Waals surface area contributed by atoms with E-state index in [1.165, 1.54) is 0 Å². The molecule has 2 atom stereocenters. The van der Waals surface area contributed by atoms with Crippen molar-refractivity contribution >= 4 is 51.6 Å². The number of rotatable bonds is 5. The molecule has 0 saturated heterocycles. The minimum absolute atomic E-state index is 0. The normalized spacial score (nSPS) is 13.8. The van der Waals surface area contributed by atoms with Crippen LogP contribution in [-0.4, -0.2) is 74.9 Å². The van der Waals surface area contributed by atoms with E-state index in [0.717, 1.165) is 13.8 Å². The number of benzene rings is 1. The van der Waals surface area contributed by atoms with E-state index in [0.29, 0.717) is 6.07 Å². The number of hydrogen-bond acceptors (Lipinski definition) is 6. The summed E-state index contributed by atoms with van der Waals surface area (Å²) in [6.45, 7) is 2.13. The summed E-state index contributed by atoms with van der Waals surface area (Å²) in [6, 6.07) is 0.508. The molecule has 0 amide bonds. The summed E-state index contributed by atoms with van der Waals surface area (Å²) in [5.74, 6) is -3.44. The van der Waals surface area contributed by atoms with Gasteiger partial charge >= 0.3 is 41.5 Å². The van der Waals surface area contributed by atoms with Crippen molar-refractivity contribution in [2.75, 3.05) is 0 Å². The van der Waals surface area contributed by atoms with E-state index in [2.05, 4.69) is 0 Å². The molecular weight excluding hydrogens is 343 g/mol. The Kier molecular flexibility index (Phi) is 7.37. The Hall–Kier alpha value is -1.01. The van der Waals surface area contributed by atoms with E-state index in [4.69, 9.17) is 5.11 Å². The molecule has 0 aliphatic carbocycles. The number of hydrogen-bond donors (Lipinski definition) is 5. The first-order valence-corrected chi connectivity index (χ1v) is 7.34. The van der Waals surface area contributed by atoms with Gasteiger partial charge in [-0.2, -0.15) is 8.42 Å². The van der Waals surface area contributed by atoms with Gasteiger partial charge in [-0.3, -0.25) is 4.55 Å². The second-order valence-electron chi connectivity index (χ2n) is 4.56. The molecule has 9 nitrogen and oxygen atoms in total. The van der Waals surface area contributed by atoms with Gasteiger partial charge in [0.05, 0.1) is 23.3 Å². The van der Waals surface area contributed by atoms with Gasteiger partial charge in [0.25, 0.3) is 10.1 Å². The second-order valence-corrected chi connectivity index (χ2v) is 5.95. The summed E-state index contributed by atoms with van der Waals surface area (Å²) in [5.41, 5.74) is -2.94. The van der Waals surface area contributed by atoms with E-state index >= 15 is 0 Å². The molecule has 0 radical (unpaired) electrons. The molecule has 124 valence electrons. The van der Waals surface area contributed by atoms with Crippen LogP contribution in [0, 0.1) is 0 Å². The molecule has 0 aliphatic rings. The van der Waals surface area contributed by atoms with Crippen LogP contribution in [0.25, 0.3) is 0 Å². The van der Waals surface area contributed by atoms with Gasteiger partial charge in [-0.1, -0.05) is 0 Å². The average Bonchev–Trinajstić information content (AvgIpc) is 2.34. The molecule has 5 N–H and O–H groups in total. The van der Waals surface area contributed by atoms with Crippen LogP contribution >= 0.6 is 0 Å². The maximum absolute atomic E-state index is 11.4. The maximum atomic E-state index is 11.4. The number of carboxylic acid groups (broad SMARTS) is 2. The number of carboxylic acids is 2. The second kappa shape index (κ2) is 7.71. The molecular formula is C12H15NaO9S. The standard InChI is InChI=1S/C12H14O9S.Na.H/c1-4(13)8-6(11(15)16)3-7(22(19,20)21)9(5(2)14)10(8)12(17)18;;/h3-5,13-14H,1-2H3,(H,15,16)(H,17,18)(H,19,20,21);;. The average molecular weight is 358 g/mol. The van der Waals surface area contributed by atoms with Crippen LogP contribution in [0.4, 0.5) is 0 Å². The fourth-order valence-corrected chi connectivity index (χ4v) is 2.98. The Bertz CT molecular complexity index is 737. The van der Waals surface area contributed by atoms with Crippen molar-refractivity contribution in [2.24, 2.45) is 0 Å². The van der Waals surface area contributed by atoms with Crippen LogP contribution in [0.5, 0.6) is 0 Å². The number of aliphatic hydroxyl groups excluding tert-OH is 2. The van der Waals surface area contributed by atoms with Crippen LogP contribution < -0.4 is 0 Å². The van der Waals surface area contributed by atoms with Crippen molar-refractivity contribution in [3.63, 3.8) is 0 Å². The first-order chi connectivity index (χ1) is 9.89. The summed E-state index contributed by atoms with van der Waals surface area (Å²) in [7, 11) is -5.00. The zero-order valence-corrected chi connectivity index (χ0v) is 12.3. The van der Waals surface area contributed by atoms with E-state index in [1.54, 1.807) is 0 Å². The molecule has 0 aromatic heterocycles. The van der Waals surface area contributed by atoms with Gasteiger partial charge in [0.2, 0.25) is 0 Å². The molecule has 1 aromatic carbocycles. The van der Waals surface area contributed by atoms with Gasteiger partial charge in [-0.05, 0) is 19.9 Å². The van der Waals surface area contributed by atoms with Gasteiger partial charge in [-0.15, -0.1) is 0 Å². The van der Waals surface area contributed by atoms with Crippen molar-refractivity contribution in [1.29, 1.82) is 0 Å². The van der Waals surface area contributed by atoms with Gasteiger partial charge in [0.15, 0.2) is 0 Å². The molecule has 0 bridgehead atoms. The van der Waals surface area contributed by atoms with Gasteiger partial charge in [-0.25, -0.2) is 9.59 Å². The summed E-state index contributed by atoms with van der Waals surface area (Å²) in [5, 5.41) is 37.7. The summed E-state index contributed by atoms with van der Waals surface area (Å²) in [6.07, 6.45) is -3.21. The summed E-state index contributed by atoms with van der Waals surface area (Å²) in [4.78, 5) is 21.6. The fourth-order valence-electron chi connectivity index (χ4n) is 2.16. The van der Waals surface area contributed by atoms with Crippen molar-refractivity contribution in [1.82, 2.24) is 0 Å². The minimum atomic E-state index is -5.00. The third-order valence-corrected chi connectivity index (χ3v) is 3.82. The molecule has 0 aliphatic heterocycles. The van der Waals surface area contributed by atoms with Crippen molar-refractivity contribution in [3.8, 4) is 0 Å². The molecule has 0 saturated carbocycles. The van der Waals surface area contributed by atoms with Crippen molar-refractivity contribution in [3.05, 3.63) is 28.3 Å². The molecule has 1 rings (SSSR count). The predicted octanol–water partition coefficient (Wildman–Crippen LogP) is -0.212. The molecule has 11 heteroatoms. The van der Waals surface area contributed by atoms with Crippen molar-refractivity contribution in [2.45, 2.75) is 31.0 Å². The van der Waals surface area contributed by atoms with E-state index in [-0.39, 0.29) is 29.6 Å². The Morgan fingerprint density at radius 2 is 1.43 bits per heavy atom. The van der Waals surface area contributed by atoms with E-state index in [1.807, 2.05) is 0 Å². The third-order valence-electron chi connectivity index (χ3n) is 2.93. The van der Waals surface area contributed by atoms with Crippen molar-refractivity contribution < 1.29 is 43.0 Å². The quantitative estimate of drug-likeness (QED) is 0.353. The van der Waals surface area contributed by atoms with Crippen LogP contribution in [0.3, 0.4) is 0 Å². The Morgan fingerprint density at radius 3 is 1.70 bits per heavy atom. The number of carbonyl (C=O) groups is 2. The van der Waals surface area contributed by atoms with Gasteiger partial charge in [0, 0.05) is 11.1 Å². The first kappa shape index (κ1) is 22.0. The van der Waals surface area contributed by atoms with Crippen LogP contribution in [0.1, 0.15) is 57.9 Å². The zero-order valence-electron chi connectivity index (χ0n) is 11.5. The molecule has 0 heterocycles. The molecule has 1 aromatic rings. The number of aliphatic hydroxyl groups is 2. The SMILES string of the molecule is CC(O)c1c(C(=O)O)cc(S(=O)(=O)O)c(C(C)O)c1C(=O)O.[NaH]. The predicted molar refractivity (Wildman–Crippen MR) is 78.6 cm³/mol. The topological polar surface area (TPSA) is 169 Å². The van der Waals surface area contributed by atoms with Gasteiger partial charge in [0.1, 0.15) is 4.90 Å². The summed E-state index contributed by atoms with van der Waals surface area (Å²) >= 11 is 0. The fraction of sp³-hybridized carbons (Fsp3) is 0.333. The zero-order chi connectivity index (χ0) is 17.4. The third kappa shape index (κ3) is 4.51. The Labute approximate surface area is 153 Å². The van der Waals surface area contributed by atoms with E-state index in [9.17, 15) is 37.9 Å². The Morgan fingerprint density at radius 1 is 1.00 bits per heavy atom. The van der Waals surface area contributed by atoms with Crippen LogP contribution in [0.2, 0.25) is 0 Å². The molecule has 0 spiro atoms. The van der Waals surface area contributed by atoms with Crippen LogP contribution in [-0.2, 0) is 10.1 Å².